The predicted molar refractivity (Wildman–Crippen MR) is 121 cm³/mol. The Bertz CT molecular complexity index is 984. The number of nitrogens with zero attached hydrogens (tertiary/aromatic N) is 2. The molecule has 170 valence electrons. The Morgan fingerprint density at radius 2 is 1.75 bits per heavy atom. The molecule has 1 aliphatic rings. The van der Waals surface area contributed by atoms with Crippen molar-refractivity contribution >= 4 is 17.4 Å². The first-order valence-electron chi connectivity index (χ1n) is 10.7. The molecular weight excluding hydrogens is 411 g/mol. The molecule has 0 bridgehead atoms. The van der Waals surface area contributed by atoms with Crippen molar-refractivity contribution in [2.24, 2.45) is 0 Å². The number of hydrogen-bond donors (Lipinski definition) is 1. The van der Waals surface area contributed by atoms with Crippen LogP contribution in [-0.4, -0.2) is 60.4 Å². The number of carbonyl (C=O) groups excluding carboxylic acids is 2. The number of ketones is 1. The Balaban J connectivity index is 2.03. The summed E-state index contributed by atoms with van der Waals surface area (Å²) in [5, 5.41) is 11.0. The van der Waals surface area contributed by atoms with Gasteiger partial charge in [-0.3, -0.25) is 9.59 Å². The average molecular weight is 441 g/mol. The molecule has 0 aliphatic carbocycles. The summed E-state index contributed by atoms with van der Waals surface area (Å²) >= 11 is 0. The van der Waals surface area contributed by atoms with Crippen LogP contribution in [-0.2, 0) is 9.59 Å². The molecule has 1 fully saturated rings. The standard InChI is InChI=1S/C25H29FN2O4/c1-4-16-32-20-12-8-17(9-13-20)22-21(23(29)18-6-10-19(26)11-7-18)24(30)25(31)28(22)15-5-14-27(2)3/h6-13,22,29H,4-5,14-16H2,1-3H3/b23-21+/t22-/m1/s1. The van der Waals surface area contributed by atoms with Crippen LogP contribution in [0.1, 0.15) is 36.9 Å². The van der Waals surface area contributed by atoms with Gasteiger partial charge < -0.3 is 19.6 Å². The van der Waals surface area contributed by atoms with E-state index in [1.54, 1.807) is 24.3 Å². The van der Waals surface area contributed by atoms with Crippen molar-refractivity contribution in [3.05, 3.63) is 71.0 Å². The summed E-state index contributed by atoms with van der Waals surface area (Å²) in [6, 6.07) is 11.7. The van der Waals surface area contributed by atoms with Gasteiger partial charge in [-0.25, -0.2) is 4.39 Å². The van der Waals surface area contributed by atoms with E-state index in [0.717, 1.165) is 13.0 Å². The van der Waals surface area contributed by atoms with Crippen LogP contribution < -0.4 is 4.74 Å². The molecule has 1 N–H and O–H groups in total. The van der Waals surface area contributed by atoms with Gasteiger partial charge >= 0.3 is 0 Å². The van der Waals surface area contributed by atoms with E-state index >= 15 is 0 Å². The Hall–Kier alpha value is -3.19. The maximum atomic E-state index is 13.4. The lowest BCUT2D eigenvalue weighted by Gasteiger charge is -2.26. The first-order chi connectivity index (χ1) is 15.3. The summed E-state index contributed by atoms with van der Waals surface area (Å²) in [6.07, 6.45) is 1.55. The lowest BCUT2D eigenvalue weighted by molar-refractivity contribution is -0.139. The molecule has 2 aromatic carbocycles. The van der Waals surface area contributed by atoms with Gasteiger partial charge in [0.05, 0.1) is 18.2 Å². The maximum absolute atomic E-state index is 13.4. The Labute approximate surface area is 187 Å². The number of aliphatic hydroxyl groups is 1. The van der Waals surface area contributed by atoms with Crippen molar-refractivity contribution in [1.29, 1.82) is 0 Å². The van der Waals surface area contributed by atoms with Crippen molar-refractivity contribution in [2.45, 2.75) is 25.8 Å². The van der Waals surface area contributed by atoms with E-state index in [9.17, 15) is 19.1 Å². The summed E-state index contributed by atoms with van der Waals surface area (Å²) in [5.74, 6) is -1.46. The van der Waals surface area contributed by atoms with Crippen LogP contribution in [0.5, 0.6) is 5.75 Å². The molecule has 0 saturated carbocycles. The highest BCUT2D eigenvalue weighted by Gasteiger charge is 2.45. The quantitative estimate of drug-likeness (QED) is 0.363. The predicted octanol–water partition coefficient (Wildman–Crippen LogP) is 3.99. The van der Waals surface area contributed by atoms with Gasteiger partial charge in [-0.15, -0.1) is 0 Å². The van der Waals surface area contributed by atoms with Crippen LogP contribution in [0.25, 0.3) is 5.76 Å². The Kier molecular flexibility index (Phi) is 7.64. The first kappa shape index (κ1) is 23.5. The number of likely N-dealkylation sites (tertiary alicyclic amines) is 1. The molecule has 0 aromatic heterocycles. The number of rotatable bonds is 9. The number of carbonyl (C=O) groups is 2. The van der Waals surface area contributed by atoms with Gasteiger partial charge in [0.15, 0.2) is 0 Å². The molecule has 0 radical (unpaired) electrons. The molecule has 1 atom stereocenters. The molecule has 2 aromatic rings. The van der Waals surface area contributed by atoms with E-state index < -0.39 is 23.5 Å². The third-order valence-electron chi connectivity index (χ3n) is 5.33. The molecule has 32 heavy (non-hydrogen) atoms. The monoisotopic (exact) mass is 440 g/mol. The van der Waals surface area contributed by atoms with Crippen molar-refractivity contribution in [3.63, 3.8) is 0 Å². The zero-order valence-corrected chi connectivity index (χ0v) is 18.7. The van der Waals surface area contributed by atoms with E-state index in [0.29, 0.717) is 30.9 Å². The summed E-state index contributed by atoms with van der Waals surface area (Å²) in [4.78, 5) is 29.4. The van der Waals surface area contributed by atoms with Gasteiger partial charge in [-0.05, 0) is 75.4 Å². The molecule has 0 spiro atoms. The SMILES string of the molecule is CCCOc1ccc([C@@H]2/C(=C(\O)c3ccc(F)cc3)C(=O)C(=O)N2CCCN(C)C)cc1. The minimum atomic E-state index is -0.743. The van der Waals surface area contributed by atoms with Crippen LogP contribution in [0.4, 0.5) is 4.39 Å². The topological polar surface area (TPSA) is 70.1 Å². The van der Waals surface area contributed by atoms with E-state index in [1.165, 1.54) is 29.2 Å². The zero-order valence-electron chi connectivity index (χ0n) is 18.7. The van der Waals surface area contributed by atoms with Crippen LogP contribution in [0.2, 0.25) is 0 Å². The number of amides is 1. The first-order valence-corrected chi connectivity index (χ1v) is 10.7. The second kappa shape index (κ2) is 10.4. The number of aliphatic hydroxyl groups excluding tert-OH is 1. The highest BCUT2D eigenvalue weighted by atomic mass is 19.1. The molecule has 7 heteroatoms. The van der Waals surface area contributed by atoms with E-state index in [4.69, 9.17) is 4.74 Å². The Morgan fingerprint density at radius 1 is 1.09 bits per heavy atom. The molecule has 1 amide bonds. The van der Waals surface area contributed by atoms with Crippen LogP contribution in [0.3, 0.4) is 0 Å². The van der Waals surface area contributed by atoms with Gasteiger partial charge in [-0.1, -0.05) is 19.1 Å². The van der Waals surface area contributed by atoms with Gasteiger partial charge in [0, 0.05) is 12.1 Å². The van der Waals surface area contributed by atoms with Gasteiger partial charge in [0.25, 0.3) is 11.7 Å². The smallest absolute Gasteiger partial charge is 0.295 e. The van der Waals surface area contributed by atoms with Crippen LogP contribution in [0, 0.1) is 5.82 Å². The Morgan fingerprint density at radius 3 is 2.34 bits per heavy atom. The zero-order chi connectivity index (χ0) is 23.3. The van der Waals surface area contributed by atoms with E-state index in [2.05, 4.69) is 0 Å². The maximum Gasteiger partial charge on any atom is 0.295 e. The fraction of sp³-hybridized carbons (Fsp3) is 0.360. The van der Waals surface area contributed by atoms with E-state index in [1.807, 2.05) is 25.9 Å². The summed E-state index contributed by atoms with van der Waals surface area (Å²) < 4.78 is 19.0. The molecule has 3 rings (SSSR count). The van der Waals surface area contributed by atoms with Crippen molar-refractivity contribution in [2.75, 3.05) is 33.8 Å². The average Bonchev–Trinajstić information content (AvgIpc) is 3.03. The normalized spacial score (nSPS) is 17.9. The van der Waals surface area contributed by atoms with Crippen molar-refractivity contribution < 1.29 is 23.8 Å². The van der Waals surface area contributed by atoms with Crippen LogP contribution >= 0.6 is 0 Å². The number of ether oxygens (including phenoxy) is 1. The third kappa shape index (κ3) is 5.16. The molecule has 1 saturated heterocycles. The van der Waals surface area contributed by atoms with Crippen LogP contribution in [0.15, 0.2) is 54.1 Å². The number of benzene rings is 2. The van der Waals surface area contributed by atoms with Crippen molar-refractivity contribution in [3.8, 4) is 5.75 Å². The molecule has 0 unspecified atom stereocenters. The molecule has 1 aliphatic heterocycles. The highest BCUT2D eigenvalue weighted by molar-refractivity contribution is 6.46. The summed E-state index contributed by atoms with van der Waals surface area (Å²) in [5.41, 5.74) is 0.987. The van der Waals surface area contributed by atoms with Crippen molar-refractivity contribution in [1.82, 2.24) is 9.80 Å². The fourth-order valence-corrected chi connectivity index (χ4v) is 3.74. The number of halogens is 1. The second-order valence-electron chi connectivity index (χ2n) is 8.07. The largest absolute Gasteiger partial charge is 0.507 e. The molecule has 6 nitrogen and oxygen atoms in total. The molecular formula is C25H29FN2O4. The number of hydrogen-bond acceptors (Lipinski definition) is 5. The second-order valence-corrected chi connectivity index (χ2v) is 8.07. The minimum Gasteiger partial charge on any atom is -0.507 e. The van der Waals surface area contributed by atoms with Gasteiger partial charge in [0.2, 0.25) is 0 Å². The summed E-state index contributed by atoms with van der Waals surface area (Å²) in [7, 11) is 3.88. The fourth-order valence-electron chi connectivity index (χ4n) is 3.74. The third-order valence-corrected chi connectivity index (χ3v) is 5.33. The lowest BCUT2D eigenvalue weighted by atomic mass is 9.95. The van der Waals surface area contributed by atoms with Gasteiger partial charge in [-0.2, -0.15) is 0 Å². The minimum absolute atomic E-state index is 0.00804. The van der Waals surface area contributed by atoms with Gasteiger partial charge in [0.1, 0.15) is 17.3 Å². The highest BCUT2D eigenvalue weighted by Crippen LogP contribution is 2.39. The summed E-state index contributed by atoms with van der Waals surface area (Å²) in [6.45, 7) is 3.72. The lowest BCUT2D eigenvalue weighted by Crippen LogP contribution is -2.32. The number of Topliss-reactive ketones (excluding diaryl/α,β-unsaturated/α-hetero) is 1. The molecule has 1 heterocycles. The van der Waals surface area contributed by atoms with E-state index in [-0.39, 0.29) is 16.9 Å².